The zero-order valence-electron chi connectivity index (χ0n) is 11.3. The Bertz CT molecular complexity index is 515. The molecule has 0 amide bonds. The highest BCUT2D eigenvalue weighted by molar-refractivity contribution is 5.60. The van der Waals surface area contributed by atoms with Crippen LogP contribution in [0.25, 0.3) is 0 Å². The van der Waals surface area contributed by atoms with E-state index in [1.54, 1.807) is 26.0 Å². The summed E-state index contributed by atoms with van der Waals surface area (Å²) in [6, 6.07) is 6.25. The molecule has 102 valence electrons. The fourth-order valence-corrected chi connectivity index (χ4v) is 1.82. The second-order valence-electron chi connectivity index (χ2n) is 4.90. The van der Waals surface area contributed by atoms with Crippen LogP contribution in [-0.2, 0) is 0 Å². The second kappa shape index (κ2) is 5.67. The van der Waals surface area contributed by atoms with Crippen molar-refractivity contribution in [3.05, 3.63) is 33.9 Å². The van der Waals surface area contributed by atoms with Crippen molar-refractivity contribution in [2.45, 2.75) is 26.4 Å². The lowest BCUT2D eigenvalue weighted by Gasteiger charge is -2.29. The Morgan fingerprint density at radius 2 is 2.16 bits per heavy atom. The standard InChI is InChI=1S/C13H17N3O3/c1-4-15(9-13(2,3)17)11-6-5-10(8-14)12(7-11)16(18)19/h5-7,17H,4,9H2,1-3H3. The normalized spacial score (nSPS) is 10.9. The summed E-state index contributed by atoms with van der Waals surface area (Å²) in [6.07, 6.45) is 0. The minimum atomic E-state index is -0.904. The predicted octanol–water partition coefficient (Wildman–Crippen LogP) is 2.06. The zero-order chi connectivity index (χ0) is 14.6. The summed E-state index contributed by atoms with van der Waals surface area (Å²) in [5.41, 5.74) is -0.462. The number of nitro benzene ring substituents is 1. The maximum atomic E-state index is 10.9. The Hall–Kier alpha value is -2.13. The van der Waals surface area contributed by atoms with Gasteiger partial charge < -0.3 is 10.0 Å². The third-order valence-corrected chi connectivity index (χ3v) is 2.62. The highest BCUT2D eigenvalue weighted by atomic mass is 16.6. The molecule has 1 N–H and O–H groups in total. The van der Waals surface area contributed by atoms with Crippen molar-refractivity contribution in [2.24, 2.45) is 0 Å². The monoisotopic (exact) mass is 263 g/mol. The van der Waals surface area contributed by atoms with Crippen LogP contribution in [0.15, 0.2) is 18.2 Å². The smallest absolute Gasteiger partial charge is 0.289 e. The number of nitriles is 1. The summed E-state index contributed by atoms with van der Waals surface area (Å²) in [5.74, 6) is 0. The van der Waals surface area contributed by atoms with E-state index in [1.165, 1.54) is 12.1 Å². The predicted molar refractivity (Wildman–Crippen MR) is 72.0 cm³/mol. The first-order chi connectivity index (χ1) is 8.78. The van der Waals surface area contributed by atoms with Gasteiger partial charge >= 0.3 is 0 Å². The number of nitro groups is 1. The molecule has 0 aliphatic heterocycles. The highest BCUT2D eigenvalue weighted by Crippen LogP contribution is 2.26. The average molecular weight is 263 g/mol. The first kappa shape index (κ1) is 14.9. The Morgan fingerprint density at radius 1 is 1.53 bits per heavy atom. The van der Waals surface area contributed by atoms with Gasteiger partial charge in [-0.05, 0) is 32.9 Å². The quantitative estimate of drug-likeness (QED) is 0.648. The van der Waals surface area contributed by atoms with E-state index >= 15 is 0 Å². The summed E-state index contributed by atoms with van der Waals surface area (Å²) in [4.78, 5) is 12.2. The van der Waals surface area contributed by atoms with Gasteiger partial charge in [0.25, 0.3) is 5.69 Å². The lowest BCUT2D eigenvalue weighted by Crippen LogP contribution is -2.38. The number of hydrogen-bond acceptors (Lipinski definition) is 5. The van der Waals surface area contributed by atoms with Gasteiger partial charge in [-0.15, -0.1) is 0 Å². The minimum Gasteiger partial charge on any atom is -0.389 e. The van der Waals surface area contributed by atoms with E-state index in [1.807, 2.05) is 11.8 Å². The van der Waals surface area contributed by atoms with Crippen LogP contribution in [0.2, 0.25) is 0 Å². The molecule has 0 saturated carbocycles. The summed E-state index contributed by atoms with van der Waals surface area (Å²) >= 11 is 0. The van der Waals surface area contributed by atoms with E-state index in [9.17, 15) is 15.2 Å². The molecule has 0 unspecified atom stereocenters. The molecule has 0 aliphatic carbocycles. The molecule has 1 aromatic rings. The van der Waals surface area contributed by atoms with Crippen molar-refractivity contribution in [3.8, 4) is 6.07 Å². The van der Waals surface area contributed by atoms with Crippen LogP contribution in [0.1, 0.15) is 26.3 Å². The number of hydrogen-bond donors (Lipinski definition) is 1. The number of likely N-dealkylation sites (N-methyl/N-ethyl adjacent to an activating group) is 1. The first-order valence-electron chi connectivity index (χ1n) is 5.94. The zero-order valence-corrected chi connectivity index (χ0v) is 11.3. The van der Waals surface area contributed by atoms with Gasteiger partial charge in [0, 0.05) is 24.8 Å². The second-order valence-corrected chi connectivity index (χ2v) is 4.90. The van der Waals surface area contributed by atoms with Crippen molar-refractivity contribution < 1.29 is 10.0 Å². The first-order valence-corrected chi connectivity index (χ1v) is 5.94. The van der Waals surface area contributed by atoms with E-state index in [2.05, 4.69) is 0 Å². The van der Waals surface area contributed by atoms with E-state index in [4.69, 9.17) is 5.26 Å². The highest BCUT2D eigenvalue weighted by Gasteiger charge is 2.21. The van der Waals surface area contributed by atoms with Crippen molar-refractivity contribution in [2.75, 3.05) is 18.0 Å². The van der Waals surface area contributed by atoms with Crippen molar-refractivity contribution in [1.29, 1.82) is 5.26 Å². The van der Waals surface area contributed by atoms with Gasteiger partial charge in [0.05, 0.1) is 10.5 Å². The lowest BCUT2D eigenvalue weighted by molar-refractivity contribution is -0.385. The molecule has 19 heavy (non-hydrogen) atoms. The topological polar surface area (TPSA) is 90.4 Å². The molecule has 0 aromatic heterocycles. The Morgan fingerprint density at radius 3 is 2.58 bits per heavy atom. The minimum absolute atomic E-state index is 0.0352. The Kier molecular flexibility index (Phi) is 4.46. The maximum absolute atomic E-state index is 10.9. The van der Waals surface area contributed by atoms with E-state index in [0.29, 0.717) is 18.8 Å². The van der Waals surface area contributed by atoms with Crippen molar-refractivity contribution >= 4 is 11.4 Å². The Labute approximate surface area is 112 Å². The summed E-state index contributed by atoms with van der Waals surface area (Å²) < 4.78 is 0. The molecule has 1 aromatic carbocycles. The molecule has 1 rings (SSSR count). The van der Waals surface area contributed by atoms with E-state index < -0.39 is 10.5 Å². The van der Waals surface area contributed by atoms with Crippen LogP contribution < -0.4 is 4.90 Å². The van der Waals surface area contributed by atoms with E-state index in [0.717, 1.165) is 0 Å². The summed E-state index contributed by atoms with van der Waals surface area (Å²) in [5, 5.41) is 29.6. The third kappa shape index (κ3) is 3.93. The number of anilines is 1. The van der Waals surface area contributed by atoms with Crippen LogP contribution >= 0.6 is 0 Å². The number of aliphatic hydroxyl groups is 1. The number of nitrogens with zero attached hydrogens (tertiary/aromatic N) is 3. The molecular formula is C13H17N3O3. The molecule has 0 aliphatic rings. The number of benzene rings is 1. The molecule has 6 nitrogen and oxygen atoms in total. The van der Waals surface area contributed by atoms with Crippen LogP contribution in [0.5, 0.6) is 0 Å². The van der Waals surface area contributed by atoms with E-state index in [-0.39, 0.29) is 11.3 Å². The fourth-order valence-electron chi connectivity index (χ4n) is 1.82. The van der Waals surface area contributed by atoms with Gasteiger partial charge in [-0.1, -0.05) is 0 Å². The average Bonchev–Trinajstić information content (AvgIpc) is 2.34. The molecule has 6 heteroatoms. The summed E-state index contributed by atoms with van der Waals surface area (Å²) in [7, 11) is 0. The molecule has 0 fully saturated rings. The SMILES string of the molecule is CCN(CC(C)(C)O)c1ccc(C#N)c([N+](=O)[O-])c1. The van der Waals surface area contributed by atoms with Gasteiger partial charge in [0.2, 0.25) is 0 Å². The van der Waals surface area contributed by atoms with Crippen molar-refractivity contribution in [1.82, 2.24) is 0 Å². The van der Waals surface area contributed by atoms with Crippen LogP contribution in [0.3, 0.4) is 0 Å². The fraction of sp³-hybridized carbons (Fsp3) is 0.462. The summed E-state index contributed by atoms with van der Waals surface area (Å²) in [6.45, 7) is 6.21. The third-order valence-electron chi connectivity index (χ3n) is 2.62. The molecule has 0 bridgehead atoms. The van der Waals surface area contributed by atoms with Gasteiger partial charge in [-0.2, -0.15) is 5.26 Å². The van der Waals surface area contributed by atoms with Crippen LogP contribution in [0, 0.1) is 21.4 Å². The molecule has 0 atom stereocenters. The van der Waals surface area contributed by atoms with Crippen LogP contribution in [0.4, 0.5) is 11.4 Å². The number of rotatable bonds is 5. The van der Waals surface area contributed by atoms with Gasteiger partial charge in [0.1, 0.15) is 11.6 Å². The van der Waals surface area contributed by atoms with Crippen molar-refractivity contribution in [3.63, 3.8) is 0 Å². The van der Waals surface area contributed by atoms with Crippen LogP contribution in [-0.4, -0.2) is 28.7 Å². The molecule has 0 heterocycles. The van der Waals surface area contributed by atoms with Gasteiger partial charge in [-0.25, -0.2) is 0 Å². The molecule has 0 spiro atoms. The molecular weight excluding hydrogens is 246 g/mol. The largest absolute Gasteiger partial charge is 0.389 e. The van der Waals surface area contributed by atoms with Gasteiger partial charge in [-0.3, -0.25) is 10.1 Å². The van der Waals surface area contributed by atoms with Gasteiger partial charge in [0.15, 0.2) is 0 Å². The molecule has 0 radical (unpaired) electrons. The lowest BCUT2D eigenvalue weighted by atomic mass is 10.1. The Balaban J connectivity index is 3.17. The molecule has 0 saturated heterocycles. The maximum Gasteiger partial charge on any atom is 0.289 e.